The third-order valence-corrected chi connectivity index (χ3v) is 4.22. The lowest BCUT2D eigenvalue weighted by molar-refractivity contribution is 0.102. The zero-order valence-corrected chi connectivity index (χ0v) is 14.6. The van der Waals surface area contributed by atoms with Gasteiger partial charge in [-0.1, -0.05) is 48.5 Å². The standard InChI is InChI=1S/C22H22N2O/c1-17-8-6-7-11-21(17)22(25)23-19-12-14-20(15-13-19)24(2)16-18-9-4-3-5-10-18/h3-15H,16H2,1-2H3,(H,23,25). The van der Waals surface area contributed by atoms with Crippen molar-refractivity contribution in [1.29, 1.82) is 0 Å². The number of hydrogen-bond donors (Lipinski definition) is 1. The van der Waals surface area contributed by atoms with E-state index in [1.807, 2.05) is 73.7 Å². The summed E-state index contributed by atoms with van der Waals surface area (Å²) in [7, 11) is 2.06. The largest absolute Gasteiger partial charge is 0.370 e. The Kier molecular flexibility index (Phi) is 5.14. The molecule has 126 valence electrons. The van der Waals surface area contributed by atoms with Crippen LogP contribution in [0, 0.1) is 6.92 Å². The third-order valence-electron chi connectivity index (χ3n) is 4.22. The first kappa shape index (κ1) is 16.8. The lowest BCUT2D eigenvalue weighted by atomic mass is 10.1. The molecule has 0 radical (unpaired) electrons. The van der Waals surface area contributed by atoms with E-state index in [2.05, 4.69) is 29.4 Å². The van der Waals surface area contributed by atoms with E-state index in [1.165, 1.54) is 5.56 Å². The summed E-state index contributed by atoms with van der Waals surface area (Å²) in [5.41, 5.74) is 4.84. The first-order valence-electron chi connectivity index (χ1n) is 8.35. The predicted octanol–water partition coefficient (Wildman–Crippen LogP) is 4.88. The summed E-state index contributed by atoms with van der Waals surface area (Å²) in [4.78, 5) is 14.6. The van der Waals surface area contributed by atoms with Crippen LogP contribution in [-0.4, -0.2) is 13.0 Å². The lowest BCUT2D eigenvalue weighted by Crippen LogP contribution is -2.16. The van der Waals surface area contributed by atoms with Gasteiger partial charge in [-0.15, -0.1) is 0 Å². The second kappa shape index (κ2) is 7.67. The minimum atomic E-state index is -0.0801. The Labute approximate surface area is 148 Å². The Morgan fingerprint density at radius 1 is 0.880 bits per heavy atom. The van der Waals surface area contributed by atoms with E-state index in [-0.39, 0.29) is 5.91 Å². The number of nitrogens with one attached hydrogen (secondary N) is 1. The highest BCUT2D eigenvalue weighted by atomic mass is 16.1. The van der Waals surface area contributed by atoms with Crippen LogP contribution in [0.5, 0.6) is 0 Å². The molecule has 0 aliphatic heterocycles. The van der Waals surface area contributed by atoms with Crippen LogP contribution in [0.2, 0.25) is 0 Å². The van der Waals surface area contributed by atoms with E-state index in [1.54, 1.807) is 0 Å². The van der Waals surface area contributed by atoms with E-state index < -0.39 is 0 Å². The molecule has 1 amide bonds. The molecule has 0 aliphatic carbocycles. The molecule has 0 unspecified atom stereocenters. The fourth-order valence-corrected chi connectivity index (χ4v) is 2.77. The molecular formula is C22H22N2O. The molecule has 0 aromatic heterocycles. The van der Waals surface area contributed by atoms with Gasteiger partial charge < -0.3 is 10.2 Å². The first-order chi connectivity index (χ1) is 12.1. The summed E-state index contributed by atoms with van der Waals surface area (Å²) in [6, 6.07) is 25.9. The smallest absolute Gasteiger partial charge is 0.255 e. The number of benzene rings is 3. The third kappa shape index (κ3) is 4.27. The van der Waals surface area contributed by atoms with Crippen molar-refractivity contribution in [2.45, 2.75) is 13.5 Å². The molecule has 0 fully saturated rings. The van der Waals surface area contributed by atoms with Crippen molar-refractivity contribution in [2.75, 3.05) is 17.3 Å². The van der Waals surface area contributed by atoms with Gasteiger partial charge in [0.2, 0.25) is 0 Å². The van der Waals surface area contributed by atoms with Crippen molar-refractivity contribution in [3.8, 4) is 0 Å². The number of amides is 1. The highest BCUT2D eigenvalue weighted by Crippen LogP contribution is 2.19. The molecular weight excluding hydrogens is 308 g/mol. The quantitative estimate of drug-likeness (QED) is 0.723. The molecule has 3 aromatic carbocycles. The van der Waals surface area contributed by atoms with Gasteiger partial charge in [-0.3, -0.25) is 4.79 Å². The average molecular weight is 330 g/mol. The molecule has 3 rings (SSSR count). The number of rotatable bonds is 5. The van der Waals surface area contributed by atoms with Crippen molar-refractivity contribution >= 4 is 17.3 Å². The molecule has 3 nitrogen and oxygen atoms in total. The van der Waals surface area contributed by atoms with E-state index in [0.29, 0.717) is 5.56 Å². The van der Waals surface area contributed by atoms with E-state index in [0.717, 1.165) is 23.5 Å². The molecule has 25 heavy (non-hydrogen) atoms. The van der Waals surface area contributed by atoms with Crippen molar-refractivity contribution in [1.82, 2.24) is 0 Å². The predicted molar refractivity (Wildman–Crippen MR) is 104 cm³/mol. The fraction of sp³-hybridized carbons (Fsp3) is 0.136. The summed E-state index contributed by atoms with van der Waals surface area (Å²) in [5.74, 6) is -0.0801. The summed E-state index contributed by atoms with van der Waals surface area (Å²) < 4.78 is 0. The molecule has 0 bridgehead atoms. The molecule has 0 heterocycles. The summed E-state index contributed by atoms with van der Waals surface area (Å²) >= 11 is 0. The number of carbonyl (C=O) groups is 1. The van der Waals surface area contributed by atoms with Crippen molar-refractivity contribution in [3.05, 3.63) is 95.6 Å². The Morgan fingerprint density at radius 2 is 1.52 bits per heavy atom. The normalized spacial score (nSPS) is 10.3. The van der Waals surface area contributed by atoms with Crippen LogP contribution in [0.3, 0.4) is 0 Å². The maximum absolute atomic E-state index is 12.4. The van der Waals surface area contributed by atoms with E-state index in [4.69, 9.17) is 0 Å². The van der Waals surface area contributed by atoms with Crippen molar-refractivity contribution in [2.24, 2.45) is 0 Å². The van der Waals surface area contributed by atoms with Gasteiger partial charge in [-0.2, -0.15) is 0 Å². The van der Waals surface area contributed by atoms with Gasteiger partial charge in [-0.05, 0) is 48.4 Å². The minimum Gasteiger partial charge on any atom is -0.370 e. The topological polar surface area (TPSA) is 32.3 Å². The van der Waals surface area contributed by atoms with Crippen LogP contribution in [0.4, 0.5) is 11.4 Å². The van der Waals surface area contributed by atoms with Crippen LogP contribution < -0.4 is 10.2 Å². The van der Waals surface area contributed by atoms with Gasteiger partial charge in [0.15, 0.2) is 0 Å². The Morgan fingerprint density at radius 3 is 2.20 bits per heavy atom. The zero-order chi connectivity index (χ0) is 17.6. The Hall–Kier alpha value is -3.07. The highest BCUT2D eigenvalue weighted by molar-refractivity contribution is 6.05. The van der Waals surface area contributed by atoms with Gasteiger partial charge in [-0.25, -0.2) is 0 Å². The number of aryl methyl sites for hydroxylation is 1. The monoisotopic (exact) mass is 330 g/mol. The molecule has 3 aromatic rings. The average Bonchev–Trinajstić information content (AvgIpc) is 2.63. The molecule has 0 spiro atoms. The van der Waals surface area contributed by atoms with Crippen LogP contribution in [0.25, 0.3) is 0 Å². The maximum atomic E-state index is 12.4. The van der Waals surface area contributed by atoms with Crippen molar-refractivity contribution < 1.29 is 4.79 Å². The first-order valence-corrected chi connectivity index (χ1v) is 8.35. The van der Waals surface area contributed by atoms with Crippen molar-refractivity contribution in [3.63, 3.8) is 0 Å². The molecule has 3 heteroatoms. The van der Waals surface area contributed by atoms with E-state index in [9.17, 15) is 4.79 Å². The van der Waals surface area contributed by atoms with Crippen LogP contribution in [0.15, 0.2) is 78.9 Å². The number of anilines is 2. The minimum absolute atomic E-state index is 0.0801. The summed E-state index contributed by atoms with van der Waals surface area (Å²) in [5, 5.41) is 2.96. The summed E-state index contributed by atoms with van der Waals surface area (Å²) in [6.07, 6.45) is 0. The van der Waals surface area contributed by atoms with Gasteiger partial charge in [0.05, 0.1) is 0 Å². The van der Waals surface area contributed by atoms with Crippen LogP contribution >= 0.6 is 0 Å². The molecule has 0 saturated carbocycles. The lowest BCUT2D eigenvalue weighted by Gasteiger charge is -2.20. The maximum Gasteiger partial charge on any atom is 0.255 e. The SMILES string of the molecule is Cc1ccccc1C(=O)Nc1ccc(N(C)Cc2ccccc2)cc1. The van der Waals surface area contributed by atoms with Gasteiger partial charge in [0, 0.05) is 30.5 Å². The second-order valence-corrected chi connectivity index (χ2v) is 6.16. The van der Waals surface area contributed by atoms with Crippen LogP contribution in [0.1, 0.15) is 21.5 Å². The highest BCUT2D eigenvalue weighted by Gasteiger charge is 2.09. The van der Waals surface area contributed by atoms with Gasteiger partial charge >= 0.3 is 0 Å². The van der Waals surface area contributed by atoms with Gasteiger partial charge in [0.25, 0.3) is 5.91 Å². The second-order valence-electron chi connectivity index (χ2n) is 6.16. The van der Waals surface area contributed by atoms with E-state index >= 15 is 0 Å². The Balaban J connectivity index is 1.66. The number of nitrogens with zero attached hydrogens (tertiary/aromatic N) is 1. The molecule has 1 N–H and O–H groups in total. The Bertz CT molecular complexity index is 841. The molecule has 0 aliphatic rings. The fourth-order valence-electron chi connectivity index (χ4n) is 2.77. The number of hydrogen-bond acceptors (Lipinski definition) is 2. The summed E-state index contributed by atoms with van der Waals surface area (Å²) in [6.45, 7) is 2.78. The van der Waals surface area contributed by atoms with Gasteiger partial charge in [0.1, 0.15) is 0 Å². The molecule has 0 saturated heterocycles. The van der Waals surface area contributed by atoms with Crippen LogP contribution in [-0.2, 0) is 6.54 Å². The zero-order valence-electron chi connectivity index (χ0n) is 14.6. The number of carbonyl (C=O) groups excluding carboxylic acids is 1. The molecule has 0 atom stereocenters.